The van der Waals surface area contributed by atoms with Crippen molar-refractivity contribution in [3.05, 3.63) is 29.8 Å². The van der Waals surface area contributed by atoms with Crippen LogP contribution in [-0.4, -0.2) is 25.2 Å². The Morgan fingerprint density at radius 2 is 1.65 bits per heavy atom. The Kier molecular flexibility index (Phi) is 2.83. The van der Waals surface area contributed by atoms with Crippen LogP contribution in [0.1, 0.15) is 38.2 Å². The van der Waals surface area contributed by atoms with Gasteiger partial charge in [-0.15, -0.1) is 0 Å². The van der Waals surface area contributed by atoms with Gasteiger partial charge < -0.3 is 10.2 Å². The average molecular weight is 230 g/mol. The maximum atomic E-state index is 3.68. The van der Waals surface area contributed by atoms with Crippen molar-refractivity contribution in [1.29, 1.82) is 0 Å². The van der Waals surface area contributed by atoms with E-state index in [2.05, 4.69) is 48.3 Å². The van der Waals surface area contributed by atoms with Gasteiger partial charge in [0, 0.05) is 30.9 Å². The summed E-state index contributed by atoms with van der Waals surface area (Å²) in [5, 5.41) is 3.68. The molecule has 2 nitrogen and oxygen atoms in total. The molecule has 2 bridgehead atoms. The fourth-order valence-electron chi connectivity index (χ4n) is 3.08. The van der Waals surface area contributed by atoms with Crippen LogP contribution in [0.5, 0.6) is 0 Å². The summed E-state index contributed by atoms with van der Waals surface area (Å²) < 4.78 is 0. The fourth-order valence-corrected chi connectivity index (χ4v) is 3.08. The molecular formula is C15H22N2. The molecule has 2 fully saturated rings. The lowest BCUT2D eigenvalue weighted by Crippen LogP contribution is -2.51. The summed E-state index contributed by atoms with van der Waals surface area (Å²) in [6.07, 6.45) is 2.70. The second-order valence-corrected chi connectivity index (χ2v) is 5.79. The summed E-state index contributed by atoms with van der Waals surface area (Å²) in [7, 11) is 0. The van der Waals surface area contributed by atoms with Crippen LogP contribution in [-0.2, 0) is 0 Å². The first kappa shape index (κ1) is 11.1. The van der Waals surface area contributed by atoms with Crippen molar-refractivity contribution in [3.8, 4) is 0 Å². The third kappa shape index (κ3) is 2.19. The highest BCUT2D eigenvalue weighted by Crippen LogP contribution is 2.26. The van der Waals surface area contributed by atoms with Gasteiger partial charge in [0.2, 0.25) is 0 Å². The van der Waals surface area contributed by atoms with Gasteiger partial charge in [-0.2, -0.15) is 0 Å². The minimum atomic E-state index is 0.628. The Morgan fingerprint density at radius 1 is 1.06 bits per heavy atom. The molecule has 1 aromatic rings. The molecular weight excluding hydrogens is 208 g/mol. The van der Waals surface area contributed by atoms with Gasteiger partial charge in [-0.1, -0.05) is 26.0 Å². The van der Waals surface area contributed by atoms with Crippen molar-refractivity contribution in [2.45, 2.75) is 44.7 Å². The molecule has 0 spiro atoms. The number of piperazine rings is 1. The normalized spacial score (nSPS) is 27.8. The van der Waals surface area contributed by atoms with Crippen molar-refractivity contribution >= 4 is 5.69 Å². The largest absolute Gasteiger partial charge is 0.368 e. The van der Waals surface area contributed by atoms with Crippen LogP contribution in [0.4, 0.5) is 5.69 Å². The third-order valence-electron chi connectivity index (χ3n) is 4.14. The predicted octanol–water partition coefficient (Wildman–Crippen LogP) is 2.75. The molecule has 2 aliphatic rings. The molecule has 2 heterocycles. The topological polar surface area (TPSA) is 15.3 Å². The van der Waals surface area contributed by atoms with Gasteiger partial charge in [0.05, 0.1) is 0 Å². The lowest BCUT2D eigenvalue weighted by atomic mass is 10.0. The number of hydrogen-bond donors (Lipinski definition) is 1. The summed E-state index contributed by atoms with van der Waals surface area (Å²) in [5.41, 5.74) is 2.83. The molecule has 0 amide bonds. The zero-order valence-corrected chi connectivity index (χ0v) is 10.8. The molecule has 2 heteroatoms. The molecule has 17 heavy (non-hydrogen) atoms. The van der Waals surface area contributed by atoms with Gasteiger partial charge in [-0.25, -0.2) is 0 Å². The molecule has 2 atom stereocenters. The van der Waals surface area contributed by atoms with Gasteiger partial charge in [0.15, 0.2) is 0 Å². The van der Waals surface area contributed by atoms with Crippen LogP contribution in [0.3, 0.4) is 0 Å². The molecule has 92 valence electrons. The van der Waals surface area contributed by atoms with Gasteiger partial charge >= 0.3 is 0 Å². The van der Waals surface area contributed by atoms with Crippen LogP contribution in [0.2, 0.25) is 0 Å². The van der Waals surface area contributed by atoms with E-state index >= 15 is 0 Å². The van der Waals surface area contributed by atoms with Crippen LogP contribution in [0, 0.1) is 0 Å². The predicted molar refractivity (Wildman–Crippen MR) is 72.7 cm³/mol. The van der Waals surface area contributed by atoms with E-state index in [1.165, 1.54) is 37.2 Å². The van der Waals surface area contributed by atoms with Gasteiger partial charge in [0.1, 0.15) is 0 Å². The molecule has 1 N–H and O–H groups in total. The molecule has 0 radical (unpaired) electrons. The Labute approximate surface area is 104 Å². The molecule has 3 rings (SSSR count). The second-order valence-electron chi connectivity index (χ2n) is 5.79. The first-order valence-electron chi connectivity index (χ1n) is 6.83. The molecule has 2 aliphatic heterocycles. The van der Waals surface area contributed by atoms with Gasteiger partial charge in [-0.05, 0) is 36.5 Å². The summed E-state index contributed by atoms with van der Waals surface area (Å²) >= 11 is 0. The second kappa shape index (κ2) is 4.34. The van der Waals surface area contributed by atoms with E-state index in [0.717, 1.165) is 12.1 Å². The Bertz CT molecular complexity index is 370. The quantitative estimate of drug-likeness (QED) is 0.840. The average Bonchev–Trinajstić information content (AvgIpc) is 2.68. The van der Waals surface area contributed by atoms with Crippen molar-refractivity contribution in [2.75, 3.05) is 18.0 Å². The van der Waals surface area contributed by atoms with E-state index in [0.29, 0.717) is 5.92 Å². The number of anilines is 1. The Balaban J connectivity index is 1.75. The molecule has 2 unspecified atom stereocenters. The number of nitrogens with one attached hydrogen (secondary N) is 1. The maximum Gasteiger partial charge on any atom is 0.0367 e. The van der Waals surface area contributed by atoms with Crippen molar-refractivity contribution in [3.63, 3.8) is 0 Å². The van der Waals surface area contributed by atoms with E-state index < -0.39 is 0 Å². The van der Waals surface area contributed by atoms with Crippen LogP contribution in [0.15, 0.2) is 24.3 Å². The number of fused-ring (bicyclic) bond motifs is 2. The summed E-state index contributed by atoms with van der Waals surface area (Å²) in [6, 6.07) is 10.6. The van der Waals surface area contributed by atoms with Crippen LogP contribution in [0.25, 0.3) is 0 Å². The number of benzene rings is 1. The van der Waals surface area contributed by atoms with Crippen LogP contribution >= 0.6 is 0 Å². The number of hydrogen-bond acceptors (Lipinski definition) is 2. The summed E-state index contributed by atoms with van der Waals surface area (Å²) in [6.45, 7) is 6.86. The molecule has 2 saturated heterocycles. The zero-order chi connectivity index (χ0) is 11.8. The smallest absolute Gasteiger partial charge is 0.0367 e. The van der Waals surface area contributed by atoms with Crippen LogP contribution < -0.4 is 10.2 Å². The fraction of sp³-hybridized carbons (Fsp3) is 0.600. The van der Waals surface area contributed by atoms with E-state index in [-0.39, 0.29) is 0 Å². The van der Waals surface area contributed by atoms with Gasteiger partial charge in [-0.3, -0.25) is 0 Å². The maximum absolute atomic E-state index is 3.68. The molecule has 0 saturated carbocycles. The molecule has 0 aromatic heterocycles. The SMILES string of the molecule is CC(C)c1ccc(N2CC3CCC(C2)N3)cc1. The van der Waals surface area contributed by atoms with E-state index in [1.54, 1.807) is 0 Å². The summed E-state index contributed by atoms with van der Waals surface area (Å²) in [5.74, 6) is 0.628. The lowest BCUT2D eigenvalue weighted by Gasteiger charge is -2.34. The highest BCUT2D eigenvalue weighted by atomic mass is 15.2. The van der Waals surface area contributed by atoms with Crippen molar-refractivity contribution < 1.29 is 0 Å². The zero-order valence-electron chi connectivity index (χ0n) is 10.8. The van der Waals surface area contributed by atoms with Crippen molar-refractivity contribution in [2.24, 2.45) is 0 Å². The minimum Gasteiger partial charge on any atom is -0.368 e. The highest BCUT2D eigenvalue weighted by Gasteiger charge is 2.31. The van der Waals surface area contributed by atoms with Crippen molar-refractivity contribution in [1.82, 2.24) is 5.32 Å². The monoisotopic (exact) mass is 230 g/mol. The highest BCUT2D eigenvalue weighted by molar-refractivity contribution is 5.49. The Hall–Kier alpha value is -1.02. The van der Waals surface area contributed by atoms with E-state index in [4.69, 9.17) is 0 Å². The Morgan fingerprint density at radius 3 is 2.18 bits per heavy atom. The van der Waals surface area contributed by atoms with E-state index in [9.17, 15) is 0 Å². The van der Waals surface area contributed by atoms with Gasteiger partial charge in [0.25, 0.3) is 0 Å². The lowest BCUT2D eigenvalue weighted by molar-refractivity contribution is 0.466. The molecule has 0 aliphatic carbocycles. The first-order valence-corrected chi connectivity index (χ1v) is 6.83. The van der Waals surface area contributed by atoms with E-state index in [1.807, 2.05) is 0 Å². The minimum absolute atomic E-state index is 0.628. The molecule has 1 aromatic carbocycles. The summed E-state index contributed by atoms with van der Waals surface area (Å²) in [4.78, 5) is 2.54. The first-order chi connectivity index (χ1) is 8.22. The number of nitrogens with zero attached hydrogens (tertiary/aromatic N) is 1. The standard InChI is InChI=1S/C15H22N2/c1-11(2)12-3-7-15(8-4-12)17-9-13-5-6-14(10-17)16-13/h3-4,7-8,11,13-14,16H,5-6,9-10H2,1-2H3. The number of rotatable bonds is 2. The third-order valence-corrected chi connectivity index (χ3v) is 4.14.